The lowest BCUT2D eigenvalue weighted by molar-refractivity contribution is -0.139. The number of carbonyl (C=O) groups excluding carboxylic acids is 1. The molecule has 1 atom stereocenters. The molecule has 0 unspecified atom stereocenters. The maximum atomic E-state index is 14.0. The van der Waals surface area contributed by atoms with Crippen molar-refractivity contribution in [1.29, 1.82) is 5.26 Å². The summed E-state index contributed by atoms with van der Waals surface area (Å²) in [7, 11) is 0. The molecule has 0 fully saturated rings. The molecule has 1 aromatic heterocycles. The lowest BCUT2D eigenvalue weighted by atomic mass is 9.91. The second-order valence-corrected chi connectivity index (χ2v) is 11.0. The van der Waals surface area contributed by atoms with Crippen LogP contribution in [0.1, 0.15) is 42.1 Å². The molecule has 0 spiro atoms. The smallest absolute Gasteiger partial charge is 0.338 e. The van der Waals surface area contributed by atoms with Gasteiger partial charge in [-0.25, -0.2) is 9.79 Å². The highest BCUT2D eigenvalue weighted by Gasteiger charge is 2.34. The SMILES string of the molecule is CCOC(=O)C1=C(C)N=c2s/c(=C/c3ccc(OCc4ccccc4C#N)cc3)c(=O)n2[C@@H]1c1cccc2ccccc12. The van der Waals surface area contributed by atoms with E-state index in [1.165, 1.54) is 11.3 Å². The molecule has 0 aliphatic carbocycles. The van der Waals surface area contributed by atoms with Crippen LogP contribution in [0.5, 0.6) is 5.75 Å². The maximum Gasteiger partial charge on any atom is 0.338 e. The number of rotatable bonds is 7. The molecule has 7 nitrogen and oxygen atoms in total. The summed E-state index contributed by atoms with van der Waals surface area (Å²) in [4.78, 5) is 32.5. The van der Waals surface area contributed by atoms with Crippen molar-refractivity contribution in [2.45, 2.75) is 26.5 Å². The summed E-state index contributed by atoms with van der Waals surface area (Å²) in [6.07, 6.45) is 1.82. The van der Waals surface area contributed by atoms with Crippen LogP contribution in [0, 0.1) is 11.3 Å². The number of nitriles is 1. The Bertz CT molecular complexity index is 2110. The van der Waals surface area contributed by atoms with Crippen molar-refractivity contribution in [3.8, 4) is 11.8 Å². The number of fused-ring (bicyclic) bond motifs is 2. The first-order valence-corrected chi connectivity index (χ1v) is 14.7. The fraction of sp³-hybridized carbons (Fsp3) is 0.143. The van der Waals surface area contributed by atoms with Crippen molar-refractivity contribution in [2.75, 3.05) is 6.61 Å². The van der Waals surface area contributed by atoms with Gasteiger partial charge in [0.2, 0.25) is 0 Å². The number of nitrogens with zero attached hydrogens (tertiary/aromatic N) is 3. The molecule has 212 valence electrons. The number of hydrogen-bond acceptors (Lipinski definition) is 7. The Hall–Kier alpha value is -5.26. The molecule has 0 bridgehead atoms. The number of aromatic nitrogens is 1. The van der Waals surface area contributed by atoms with Gasteiger partial charge in [0.05, 0.1) is 40.1 Å². The Kier molecular flexibility index (Phi) is 7.73. The lowest BCUT2D eigenvalue weighted by Gasteiger charge is -2.25. The molecule has 2 heterocycles. The van der Waals surface area contributed by atoms with Gasteiger partial charge >= 0.3 is 5.97 Å². The van der Waals surface area contributed by atoms with E-state index in [0.29, 0.717) is 31.9 Å². The third kappa shape index (κ3) is 5.39. The molecule has 0 saturated carbocycles. The second-order valence-electron chi connectivity index (χ2n) is 10.00. The van der Waals surface area contributed by atoms with Crippen molar-refractivity contribution in [3.63, 3.8) is 0 Å². The molecule has 6 rings (SSSR count). The Labute approximate surface area is 251 Å². The second kappa shape index (κ2) is 11.9. The first-order valence-electron chi connectivity index (χ1n) is 13.9. The highest BCUT2D eigenvalue weighted by atomic mass is 32.1. The van der Waals surface area contributed by atoms with Gasteiger partial charge in [-0.2, -0.15) is 5.26 Å². The average molecular weight is 586 g/mol. The van der Waals surface area contributed by atoms with Crippen LogP contribution in [0.3, 0.4) is 0 Å². The van der Waals surface area contributed by atoms with Gasteiger partial charge < -0.3 is 9.47 Å². The fourth-order valence-electron chi connectivity index (χ4n) is 5.30. The van der Waals surface area contributed by atoms with Gasteiger partial charge in [-0.15, -0.1) is 0 Å². The van der Waals surface area contributed by atoms with E-state index in [2.05, 4.69) is 11.1 Å². The van der Waals surface area contributed by atoms with Crippen LogP contribution in [-0.4, -0.2) is 17.1 Å². The Morgan fingerprint density at radius 2 is 1.77 bits per heavy atom. The summed E-state index contributed by atoms with van der Waals surface area (Å²) in [5.74, 6) is 0.168. The van der Waals surface area contributed by atoms with Crippen LogP contribution in [0.4, 0.5) is 0 Å². The summed E-state index contributed by atoms with van der Waals surface area (Å²) in [5.41, 5.74) is 3.71. The molecule has 0 N–H and O–H groups in total. The minimum atomic E-state index is -0.685. The van der Waals surface area contributed by atoms with Crippen LogP contribution >= 0.6 is 11.3 Å². The van der Waals surface area contributed by atoms with E-state index in [9.17, 15) is 14.9 Å². The van der Waals surface area contributed by atoms with Gasteiger partial charge in [-0.3, -0.25) is 9.36 Å². The first-order chi connectivity index (χ1) is 21.0. The molecule has 43 heavy (non-hydrogen) atoms. The van der Waals surface area contributed by atoms with Crippen molar-refractivity contribution in [1.82, 2.24) is 4.57 Å². The number of carbonyl (C=O) groups is 1. The highest BCUT2D eigenvalue weighted by Crippen LogP contribution is 2.34. The van der Waals surface area contributed by atoms with Crippen molar-refractivity contribution in [2.24, 2.45) is 4.99 Å². The predicted molar refractivity (Wildman–Crippen MR) is 166 cm³/mol. The number of benzene rings is 4. The quantitative estimate of drug-likeness (QED) is 0.239. The fourth-order valence-corrected chi connectivity index (χ4v) is 6.35. The average Bonchev–Trinajstić information content (AvgIpc) is 3.33. The molecular formula is C35H27N3O4S. The van der Waals surface area contributed by atoms with E-state index in [1.54, 1.807) is 24.5 Å². The van der Waals surface area contributed by atoms with E-state index < -0.39 is 12.0 Å². The number of allylic oxidation sites excluding steroid dienone is 1. The number of ether oxygens (including phenoxy) is 2. The summed E-state index contributed by atoms with van der Waals surface area (Å²) in [5, 5.41) is 11.3. The van der Waals surface area contributed by atoms with Gasteiger partial charge in [0, 0.05) is 5.56 Å². The summed E-state index contributed by atoms with van der Waals surface area (Å²) in [6.45, 7) is 4.04. The minimum Gasteiger partial charge on any atom is -0.489 e. The third-order valence-electron chi connectivity index (χ3n) is 7.34. The topological polar surface area (TPSA) is 93.7 Å². The largest absolute Gasteiger partial charge is 0.489 e. The zero-order valence-corrected chi connectivity index (χ0v) is 24.4. The van der Waals surface area contributed by atoms with Crippen LogP contribution in [-0.2, 0) is 16.1 Å². The molecular weight excluding hydrogens is 558 g/mol. The van der Waals surface area contributed by atoms with E-state index in [-0.39, 0.29) is 18.8 Å². The molecule has 0 radical (unpaired) electrons. The van der Waals surface area contributed by atoms with Crippen molar-refractivity contribution >= 4 is 34.2 Å². The number of thiazole rings is 1. The van der Waals surface area contributed by atoms with E-state index in [1.807, 2.05) is 91.0 Å². The Balaban J connectivity index is 1.39. The third-order valence-corrected chi connectivity index (χ3v) is 8.33. The molecule has 8 heteroatoms. The minimum absolute atomic E-state index is 0.215. The van der Waals surface area contributed by atoms with E-state index >= 15 is 0 Å². The summed E-state index contributed by atoms with van der Waals surface area (Å²) >= 11 is 1.29. The van der Waals surface area contributed by atoms with E-state index in [0.717, 1.165) is 27.5 Å². The Morgan fingerprint density at radius 1 is 1.02 bits per heavy atom. The molecule has 0 amide bonds. The van der Waals surface area contributed by atoms with Crippen molar-refractivity contribution in [3.05, 3.63) is 144 Å². The van der Waals surface area contributed by atoms with Crippen LogP contribution in [0.25, 0.3) is 16.8 Å². The van der Waals surface area contributed by atoms with Gasteiger partial charge in [0.1, 0.15) is 12.4 Å². The molecule has 0 saturated heterocycles. The van der Waals surface area contributed by atoms with Gasteiger partial charge in [-0.05, 0) is 60.0 Å². The molecule has 1 aliphatic rings. The molecule has 5 aromatic rings. The number of hydrogen-bond donors (Lipinski definition) is 0. The zero-order valence-electron chi connectivity index (χ0n) is 23.6. The zero-order chi connectivity index (χ0) is 29.9. The normalized spacial score (nSPS) is 14.6. The Morgan fingerprint density at radius 3 is 2.56 bits per heavy atom. The van der Waals surface area contributed by atoms with E-state index in [4.69, 9.17) is 9.47 Å². The first kappa shape index (κ1) is 27.9. The molecule has 1 aliphatic heterocycles. The number of esters is 1. The van der Waals surface area contributed by atoms with Crippen LogP contribution in [0.2, 0.25) is 0 Å². The van der Waals surface area contributed by atoms with Crippen LogP contribution in [0.15, 0.2) is 112 Å². The lowest BCUT2D eigenvalue weighted by Crippen LogP contribution is -2.40. The van der Waals surface area contributed by atoms with Gasteiger partial charge in [0.25, 0.3) is 5.56 Å². The monoisotopic (exact) mass is 585 g/mol. The highest BCUT2D eigenvalue weighted by molar-refractivity contribution is 7.07. The molecule has 4 aromatic carbocycles. The maximum absolute atomic E-state index is 14.0. The van der Waals surface area contributed by atoms with Crippen molar-refractivity contribution < 1.29 is 14.3 Å². The van der Waals surface area contributed by atoms with Gasteiger partial charge in [0.15, 0.2) is 4.80 Å². The summed E-state index contributed by atoms with van der Waals surface area (Å²) < 4.78 is 13.5. The standard InChI is InChI=1S/C35H27N3O4S/c1-3-41-34(40)31-22(2)37-35-38(32(31)29-14-8-12-24-9-6-7-13-28(24)29)33(39)30(43-35)19-23-15-17-27(18-16-23)42-21-26-11-5-4-10-25(26)20-36/h4-19,32H,3,21H2,1-2H3/b30-19+/t32-/m1/s1. The summed E-state index contributed by atoms with van der Waals surface area (Å²) in [6, 6.07) is 30.1. The van der Waals surface area contributed by atoms with Gasteiger partial charge in [-0.1, -0.05) is 84.1 Å². The van der Waals surface area contributed by atoms with Crippen LogP contribution < -0.4 is 19.6 Å². The predicted octanol–water partition coefficient (Wildman–Crippen LogP) is 5.40.